The van der Waals surface area contributed by atoms with Crippen LogP contribution in [0.5, 0.6) is 11.5 Å². The fourth-order valence-electron chi connectivity index (χ4n) is 3.34. The molecule has 0 bridgehead atoms. The average molecular weight is 309 g/mol. The molecule has 0 amide bonds. The van der Waals surface area contributed by atoms with Crippen molar-refractivity contribution in [2.45, 2.75) is 24.3 Å². The molecule has 0 spiro atoms. The Morgan fingerprint density at radius 2 is 2.33 bits per heavy atom. The molecule has 3 atom stereocenters. The molecule has 1 aromatic carbocycles. The number of methoxy groups -OCH3 is 1. The summed E-state index contributed by atoms with van der Waals surface area (Å²) in [6.45, 7) is 2.97. The highest BCUT2D eigenvalue weighted by atomic mass is 32.2. The number of nitrogens with zero attached hydrogens (tertiary/aromatic N) is 1. The number of carbonyl (C=O) groups excluding carboxylic acids is 1. The fourth-order valence-corrected chi connectivity index (χ4v) is 4.51. The summed E-state index contributed by atoms with van der Waals surface area (Å²) in [6, 6.07) is 3.49. The summed E-state index contributed by atoms with van der Waals surface area (Å²) < 4.78 is 10.5. The Morgan fingerprint density at radius 1 is 1.57 bits per heavy atom. The second-order valence-corrected chi connectivity index (χ2v) is 6.12. The van der Waals surface area contributed by atoms with Gasteiger partial charge in [0.15, 0.2) is 17.0 Å². The van der Waals surface area contributed by atoms with E-state index in [1.54, 1.807) is 23.9 Å². The number of hydrogen-bond donors (Lipinski definition) is 1. The van der Waals surface area contributed by atoms with E-state index in [-0.39, 0.29) is 17.1 Å². The van der Waals surface area contributed by atoms with Crippen LogP contribution in [0.25, 0.3) is 0 Å². The molecule has 0 radical (unpaired) electrons. The van der Waals surface area contributed by atoms with Gasteiger partial charge < -0.3 is 14.6 Å². The highest BCUT2D eigenvalue weighted by Crippen LogP contribution is 2.59. The summed E-state index contributed by atoms with van der Waals surface area (Å²) in [4.78, 5) is 14.8. The van der Waals surface area contributed by atoms with Crippen LogP contribution >= 0.6 is 11.8 Å². The maximum Gasteiger partial charge on any atom is 0.333 e. The summed E-state index contributed by atoms with van der Waals surface area (Å²) in [5.74, 6) is 0.300. The van der Waals surface area contributed by atoms with E-state index < -0.39 is 5.54 Å². The number of rotatable bonds is 4. The normalized spacial score (nSPS) is 29.3. The van der Waals surface area contributed by atoms with Gasteiger partial charge in [0.2, 0.25) is 0 Å². The lowest BCUT2D eigenvalue weighted by atomic mass is 9.89. The van der Waals surface area contributed by atoms with Gasteiger partial charge in [0, 0.05) is 6.54 Å². The molecule has 1 fully saturated rings. The maximum absolute atomic E-state index is 12.6. The van der Waals surface area contributed by atoms with Crippen LogP contribution in [-0.4, -0.2) is 47.9 Å². The quantitative estimate of drug-likeness (QED) is 0.675. The van der Waals surface area contributed by atoms with Crippen molar-refractivity contribution in [3.63, 3.8) is 0 Å². The molecule has 1 aromatic rings. The van der Waals surface area contributed by atoms with Crippen molar-refractivity contribution in [3.8, 4) is 11.5 Å². The number of thioether (sulfide) groups is 1. The maximum atomic E-state index is 12.6. The topological polar surface area (TPSA) is 58.8 Å². The zero-order valence-electron chi connectivity index (χ0n) is 12.4. The van der Waals surface area contributed by atoms with Gasteiger partial charge in [-0.15, -0.1) is 11.8 Å². The lowest BCUT2D eigenvalue weighted by Crippen LogP contribution is -2.35. The first-order valence-electron chi connectivity index (χ1n) is 6.98. The van der Waals surface area contributed by atoms with Gasteiger partial charge in [0.05, 0.1) is 19.1 Å². The van der Waals surface area contributed by atoms with E-state index in [0.717, 1.165) is 24.1 Å². The van der Waals surface area contributed by atoms with Gasteiger partial charge >= 0.3 is 5.97 Å². The number of hydrogen-bond acceptors (Lipinski definition) is 6. The molecule has 21 heavy (non-hydrogen) atoms. The van der Waals surface area contributed by atoms with Crippen molar-refractivity contribution < 1.29 is 19.4 Å². The molecular weight excluding hydrogens is 290 g/mol. The molecule has 6 heteroatoms. The zero-order chi connectivity index (χ0) is 15.2. The van der Waals surface area contributed by atoms with Crippen molar-refractivity contribution in [3.05, 3.63) is 23.3 Å². The number of ether oxygens (including phenoxy) is 2. The third-order valence-corrected chi connectivity index (χ3v) is 5.32. The van der Waals surface area contributed by atoms with Crippen LogP contribution in [0.1, 0.15) is 18.1 Å². The van der Waals surface area contributed by atoms with Crippen molar-refractivity contribution in [2.75, 3.05) is 26.5 Å². The zero-order valence-corrected chi connectivity index (χ0v) is 13.2. The molecule has 0 aromatic heterocycles. The number of fused-ring (bicyclic) bond motifs is 3. The Kier molecular flexibility index (Phi) is 3.53. The first kappa shape index (κ1) is 14.5. The Labute approximate surface area is 128 Å². The molecule has 3 rings (SSSR count). The fraction of sp³-hybridized carbons (Fsp3) is 0.533. The van der Waals surface area contributed by atoms with Gasteiger partial charge in [0.1, 0.15) is 0 Å². The van der Waals surface area contributed by atoms with Gasteiger partial charge in [-0.05, 0) is 42.9 Å². The molecule has 2 aliphatic heterocycles. The van der Waals surface area contributed by atoms with Gasteiger partial charge in [-0.3, -0.25) is 4.90 Å². The van der Waals surface area contributed by atoms with E-state index in [1.165, 1.54) is 7.11 Å². The second-order valence-electron chi connectivity index (χ2n) is 5.20. The molecular formula is C15H19NO4S. The lowest BCUT2D eigenvalue weighted by Gasteiger charge is -2.25. The molecule has 2 unspecified atom stereocenters. The second kappa shape index (κ2) is 5.10. The van der Waals surface area contributed by atoms with E-state index >= 15 is 0 Å². The number of phenolic OH excluding ortho intramolecular Hbond substituents is 1. The van der Waals surface area contributed by atoms with Crippen molar-refractivity contribution in [2.24, 2.45) is 0 Å². The first-order valence-corrected chi connectivity index (χ1v) is 8.27. The number of aromatic hydroxyl groups is 1. The molecule has 5 nitrogen and oxygen atoms in total. The Balaban J connectivity index is 2.13. The summed E-state index contributed by atoms with van der Waals surface area (Å²) in [7, 11) is 1.51. The van der Waals surface area contributed by atoms with Crippen LogP contribution in [0.3, 0.4) is 0 Å². The number of carbonyl (C=O) groups is 1. The standard InChI is InChI=1S/C15H19NO4S/c1-4-20-14(18)15-10-8-12(19-2)11(17)7-9(10)5-6-16(15)13(15)21-3/h7-8,13,17H,4-6H2,1-3H3/t13?,15-,16?/m1/s1. The molecule has 114 valence electrons. The monoisotopic (exact) mass is 309 g/mol. The van der Waals surface area contributed by atoms with Crippen molar-refractivity contribution in [1.29, 1.82) is 0 Å². The predicted octanol–water partition coefficient (Wildman–Crippen LogP) is 1.72. The van der Waals surface area contributed by atoms with Gasteiger partial charge in [-0.2, -0.15) is 0 Å². The molecule has 1 N–H and O–H groups in total. The number of phenols is 1. The average Bonchev–Trinajstić information content (AvgIpc) is 3.16. The van der Waals surface area contributed by atoms with Gasteiger partial charge in [-0.25, -0.2) is 4.79 Å². The number of esters is 1. The largest absolute Gasteiger partial charge is 0.504 e. The van der Waals surface area contributed by atoms with E-state index in [1.807, 2.05) is 13.2 Å². The van der Waals surface area contributed by atoms with Crippen molar-refractivity contribution >= 4 is 17.7 Å². The van der Waals surface area contributed by atoms with Crippen LogP contribution < -0.4 is 4.74 Å². The summed E-state index contributed by atoms with van der Waals surface area (Å²) in [6.07, 6.45) is 2.81. The minimum absolute atomic E-state index is 0.0899. The summed E-state index contributed by atoms with van der Waals surface area (Å²) in [5, 5.41) is 10.0. The van der Waals surface area contributed by atoms with Crippen LogP contribution in [-0.2, 0) is 21.5 Å². The molecule has 1 saturated heterocycles. The third kappa shape index (κ3) is 1.85. The van der Waals surface area contributed by atoms with Crippen LogP contribution in [0.2, 0.25) is 0 Å². The minimum Gasteiger partial charge on any atom is -0.504 e. The van der Waals surface area contributed by atoms with Crippen LogP contribution in [0.4, 0.5) is 0 Å². The van der Waals surface area contributed by atoms with E-state index in [4.69, 9.17) is 9.47 Å². The third-order valence-electron chi connectivity index (χ3n) is 4.27. The van der Waals surface area contributed by atoms with Crippen molar-refractivity contribution in [1.82, 2.24) is 4.90 Å². The minimum atomic E-state index is -0.718. The van der Waals surface area contributed by atoms with Crippen LogP contribution in [0.15, 0.2) is 12.1 Å². The Hall–Kier alpha value is -1.40. The molecule has 0 aliphatic carbocycles. The Bertz CT molecular complexity index is 585. The summed E-state index contributed by atoms with van der Waals surface area (Å²) in [5.41, 5.74) is 1.18. The predicted molar refractivity (Wildman–Crippen MR) is 80.7 cm³/mol. The van der Waals surface area contributed by atoms with E-state index in [2.05, 4.69) is 4.90 Å². The number of benzene rings is 1. The SMILES string of the molecule is CCOC(=O)[C@]12c3cc(OC)c(O)cc3CCN1C2SC. The van der Waals surface area contributed by atoms with E-state index in [0.29, 0.717) is 12.4 Å². The first-order chi connectivity index (χ1) is 10.1. The van der Waals surface area contributed by atoms with Gasteiger partial charge in [-0.1, -0.05) is 0 Å². The van der Waals surface area contributed by atoms with Crippen LogP contribution in [0, 0.1) is 0 Å². The van der Waals surface area contributed by atoms with Gasteiger partial charge in [0.25, 0.3) is 0 Å². The summed E-state index contributed by atoms with van der Waals surface area (Å²) >= 11 is 1.65. The molecule has 0 saturated carbocycles. The lowest BCUT2D eigenvalue weighted by molar-refractivity contribution is -0.148. The Morgan fingerprint density at radius 3 is 2.95 bits per heavy atom. The van der Waals surface area contributed by atoms with E-state index in [9.17, 15) is 9.90 Å². The highest BCUT2D eigenvalue weighted by Gasteiger charge is 2.71. The highest BCUT2D eigenvalue weighted by molar-refractivity contribution is 7.99. The molecule has 2 aliphatic rings. The smallest absolute Gasteiger partial charge is 0.333 e. The molecule has 2 heterocycles.